The molecule has 2 bridgehead atoms. The number of carbonyl (C=O) groups is 1. The predicted octanol–water partition coefficient (Wildman–Crippen LogP) is 1.40. The highest BCUT2D eigenvalue weighted by Gasteiger charge is 2.41. The largest absolute Gasteiger partial charge is 0.354 e. The maximum atomic E-state index is 13.0. The lowest BCUT2D eigenvalue weighted by Crippen LogP contribution is -2.43. The summed E-state index contributed by atoms with van der Waals surface area (Å²) in [6.07, 6.45) is 6.41. The summed E-state index contributed by atoms with van der Waals surface area (Å²) in [6, 6.07) is 4.37. The van der Waals surface area contributed by atoms with Gasteiger partial charge in [0.25, 0.3) is 5.91 Å². The molecular weight excluding hydrogens is 304 g/mol. The minimum absolute atomic E-state index is 0.100. The molecule has 24 heavy (non-hydrogen) atoms. The second kappa shape index (κ2) is 5.89. The number of hydrogen-bond donors (Lipinski definition) is 0. The van der Waals surface area contributed by atoms with Crippen LogP contribution in [0.4, 0.5) is 5.82 Å². The zero-order chi connectivity index (χ0) is 16.7. The average molecular weight is 326 g/mol. The van der Waals surface area contributed by atoms with E-state index in [4.69, 9.17) is 0 Å². The molecule has 2 aliphatic heterocycles. The molecule has 2 aromatic rings. The van der Waals surface area contributed by atoms with Crippen molar-refractivity contribution in [1.29, 1.82) is 0 Å². The van der Waals surface area contributed by atoms with Crippen molar-refractivity contribution in [3.05, 3.63) is 36.0 Å². The van der Waals surface area contributed by atoms with Crippen molar-refractivity contribution in [2.45, 2.75) is 38.3 Å². The summed E-state index contributed by atoms with van der Waals surface area (Å²) in [5, 5.41) is 4.14. The first-order valence-electron chi connectivity index (χ1n) is 8.48. The molecule has 2 fully saturated rings. The van der Waals surface area contributed by atoms with E-state index in [-0.39, 0.29) is 11.9 Å². The number of fused-ring (bicyclic) bond motifs is 2. The quantitative estimate of drug-likeness (QED) is 0.834. The first-order valence-corrected chi connectivity index (χ1v) is 8.48. The summed E-state index contributed by atoms with van der Waals surface area (Å²) >= 11 is 0. The van der Waals surface area contributed by atoms with Gasteiger partial charge in [0.15, 0.2) is 0 Å². The van der Waals surface area contributed by atoms with Crippen molar-refractivity contribution in [3.63, 3.8) is 0 Å². The number of carbonyl (C=O) groups excluding carboxylic acids is 1. The van der Waals surface area contributed by atoms with Gasteiger partial charge in [0, 0.05) is 50.2 Å². The molecule has 1 amide bonds. The third-order valence-corrected chi connectivity index (χ3v) is 5.17. The fourth-order valence-electron chi connectivity index (χ4n) is 3.94. The van der Waals surface area contributed by atoms with Crippen LogP contribution < -0.4 is 4.90 Å². The Bertz CT molecular complexity index is 757. The summed E-state index contributed by atoms with van der Waals surface area (Å²) in [6.45, 7) is 3.73. The molecule has 0 saturated carbocycles. The fraction of sp³-hybridized carbons (Fsp3) is 0.529. The summed E-state index contributed by atoms with van der Waals surface area (Å²) in [5.41, 5.74) is 1.63. The Morgan fingerprint density at radius 3 is 2.79 bits per heavy atom. The van der Waals surface area contributed by atoms with E-state index >= 15 is 0 Å². The minimum Gasteiger partial charge on any atom is -0.354 e. The van der Waals surface area contributed by atoms with E-state index in [1.54, 1.807) is 23.3 Å². The van der Waals surface area contributed by atoms with E-state index < -0.39 is 0 Å². The maximum absolute atomic E-state index is 13.0. The molecule has 4 rings (SSSR count). The van der Waals surface area contributed by atoms with Gasteiger partial charge in [0.2, 0.25) is 0 Å². The molecule has 2 aromatic heterocycles. The third kappa shape index (κ3) is 2.53. The van der Waals surface area contributed by atoms with Crippen LogP contribution in [0.1, 0.15) is 35.4 Å². The molecule has 0 spiro atoms. The number of anilines is 1. The van der Waals surface area contributed by atoms with Crippen LogP contribution in [0.25, 0.3) is 0 Å². The monoisotopic (exact) mass is 326 g/mol. The van der Waals surface area contributed by atoms with Crippen LogP contribution in [0.5, 0.6) is 0 Å². The Hall–Kier alpha value is -2.44. The molecule has 2 atom stereocenters. The second-order valence-corrected chi connectivity index (χ2v) is 6.69. The molecule has 0 aliphatic carbocycles. The molecule has 2 unspecified atom stereocenters. The van der Waals surface area contributed by atoms with Crippen molar-refractivity contribution in [3.8, 4) is 0 Å². The average Bonchev–Trinajstić information content (AvgIpc) is 3.09. The molecule has 7 nitrogen and oxygen atoms in total. The Labute approximate surface area is 141 Å². The summed E-state index contributed by atoms with van der Waals surface area (Å²) in [7, 11) is 1.82. The number of nitrogens with zero attached hydrogens (tertiary/aromatic N) is 6. The van der Waals surface area contributed by atoms with Crippen LogP contribution in [0.3, 0.4) is 0 Å². The number of hydrogen-bond acceptors (Lipinski definition) is 5. The standard InChI is InChI=1S/C17H22N6O/c1-12-9-16(19-11-18-12)22-8-6-13-3-4-14(10-22)23(13)17(24)15-5-7-20-21(15)2/h5,7,9,11,13-14H,3-4,6,8,10H2,1-2H3. The number of aryl methyl sites for hydroxylation is 2. The molecule has 0 radical (unpaired) electrons. The molecule has 7 heteroatoms. The number of rotatable bonds is 2. The van der Waals surface area contributed by atoms with Crippen molar-refractivity contribution < 1.29 is 4.79 Å². The molecule has 2 saturated heterocycles. The van der Waals surface area contributed by atoms with Crippen LogP contribution in [-0.4, -0.2) is 55.7 Å². The highest BCUT2D eigenvalue weighted by atomic mass is 16.2. The Morgan fingerprint density at radius 1 is 1.21 bits per heavy atom. The van der Waals surface area contributed by atoms with E-state index in [0.29, 0.717) is 11.7 Å². The van der Waals surface area contributed by atoms with Crippen LogP contribution in [0.2, 0.25) is 0 Å². The molecule has 4 heterocycles. The smallest absolute Gasteiger partial charge is 0.272 e. The van der Waals surface area contributed by atoms with E-state index in [2.05, 4.69) is 24.9 Å². The number of aromatic nitrogens is 4. The van der Waals surface area contributed by atoms with E-state index in [1.165, 1.54) is 0 Å². The van der Waals surface area contributed by atoms with Gasteiger partial charge in [-0.15, -0.1) is 0 Å². The van der Waals surface area contributed by atoms with Crippen LogP contribution in [0.15, 0.2) is 24.7 Å². The Morgan fingerprint density at radius 2 is 2.04 bits per heavy atom. The van der Waals surface area contributed by atoms with Gasteiger partial charge in [-0.25, -0.2) is 9.97 Å². The molecule has 0 aromatic carbocycles. The summed E-state index contributed by atoms with van der Waals surface area (Å²) < 4.78 is 1.66. The van der Waals surface area contributed by atoms with Crippen molar-refractivity contribution in [1.82, 2.24) is 24.6 Å². The normalized spacial score (nSPS) is 23.4. The highest BCUT2D eigenvalue weighted by molar-refractivity contribution is 5.93. The van der Waals surface area contributed by atoms with Gasteiger partial charge in [-0.2, -0.15) is 5.10 Å². The van der Waals surface area contributed by atoms with E-state index in [1.807, 2.05) is 20.0 Å². The maximum Gasteiger partial charge on any atom is 0.272 e. The molecular formula is C17H22N6O. The zero-order valence-corrected chi connectivity index (χ0v) is 14.1. The summed E-state index contributed by atoms with van der Waals surface area (Å²) in [5.74, 6) is 1.06. The number of amides is 1. The van der Waals surface area contributed by atoms with E-state index in [0.717, 1.165) is 43.9 Å². The van der Waals surface area contributed by atoms with Gasteiger partial charge in [-0.1, -0.05) is 0 Å². The lowest BCUT2D eigenvalue weighted by molar-refractivity contribution is 0.0670. The fourth-order valence-corrected chi connectivity index (χ4v) is 3.94. The van der Waals surface area contributed by atoms with Crippen molar-refractivity contribution >= 4 is 11.7 Å². The minimum atomic E-state index is 0.100. The van der Waals surface area contributed by atoms with Gasteiger partial charge >= 0.3 is 0 Å². The molecule has 0 N–H and O–H groups in total. The Kier molecular flexibility index (Phi) is 3.70. The van der Waals surface area contributed by atoms with Crippen LogP contribution in [-0.2, 0) is 7.05 Å². The zero-order valence-electron chi connectivity index (χ0n) is 14.1. The third-order valence-electron chi connectivity index (χ3n) is 5.17. The first kappa shape index (κ1) is 15.1. The molecule has 2 aliphatic rings. The van der Waals surface area contributed by atoms with E-state index in [9.17, 15) is 4.79 Å². The lowest BCUT2D eigenvalue weighted by Gasteiger charge is -2.29. The van der Waals surface area contributed by atoms with Gasteiger partial charge in [0.1, 0.15) is 17.8 Å². The van der Waals surface area contributed by atoms with Crippen molar-refractivity contribution in [2.75, 3.05) is 18.0 Å². The highest BCUT2D eigenvalue weighted by Crippen LogP contribution is 2.32. The van der Waals surface area contributed by atoms with Gasteiger partial charge in [-0.3, -0.25) is 9.48 Å². The first-order chi connectivity index (χ1) is 11.6. The van der Waals surface area contributed by atoms with Crippen LogP contribution >= 0.6 is 0 Å². The lowest BCUT2D eigenvalue weighted by atomic mass is 10.1. The second-order valence-electron chi connectivity index (χ2n) is 6.69. The van der Waals surface area contributed by atoms with Gasteiger partial charge < -0.3 is 9.80 Å². The van der Waals surface area contributed by atoms with Gasteiger partial charge in [-0.05, 0) is 32.3 Å². The Balaban J connectivity index is 1.59. The van der Waals surface area contributed by atoms with Gasteiger partial charge in [0.05, 0.1) is 0 Å². The molecule has 126 valence electrons. The predicted molar refractivity (Wildman–Crippen MR) is 89.8 cm³/mol. The SMILES string of the molecule is Cc1cc(N2CCC3CCC(C2)N3C(=O)c2ccnn2C)ncn1. The topological polar surface area (TPSA) is 67.2 Å². The van der Waals surface area contributed by atoms with Crippen molar-refractivity contribution in [2.24, 2.45) is 7.05 Å². The summed E-state index contributed by atoms with van der Waals surface area (Å²) in [4.78, 5) is 26.0. The van der Waals surface area contributed by atoms with Crippen LogP contribution in [0, 0.1) is 6.92 Å².